The molecule has 4 nitrogen and oxygen atoms in total. The summed E-state index contributed by atoms with van der Waals surface area (Å²) in [5, 5.41) is 0. The summed E-state index contributed by atoms with van der Waals surface area (Å²) in [6.07, 6.45) is -0.293. The summed E-state index contributed by atoms with van der Waals surface area (Å²) < 4.78 is 45.7. The van der Waals surface area contributed by atoms with E-state index in [-0.39, 0.29) is 23.2 Å². The average molecular weight is 323 g/mol. The molecule has 0 aliphatic rings. The van der Waals surface area contributed by atoms with Gasteiger partial charge in [-0.3, -0.25) is 4.79 Å². The molecule has 1 aromatic heterocycles. The van der Waals surface area contributed by atoms with E-state index in [0.717, 1.165) is 6.07 Å². The molecule has 2 aromatic rings. The van der Waals surface area contributed by atoms with E-state index in [0.29, 0.717) is 5.56 Å². The first kappa shape index (κ1) is 16.5. The summed E-state index contributed by atoms with van der Waals surface area (Å²) in [6.45, 7) is 1.43. The van der Waals surface area contributed by atoms with Gasteiger partial charge in [-0.2, -0.15) is 0 Å². The van der Waals surface area contributed by atoms with E-state index >= 15 is 0 Å². The fourth-order valence-electron chi connectivity index (χ4n) is 1.62. The zero-order valence-corrected chi connectivity index (χ0v) is 12.0. The Morgan fingerprint density at radius 3 is 2.52 bits per heavy atom. The van der Waals surface area contributed by atoms with Crippen LogP contribution in [0.15, 0.2) is 48.7 Å². The Morgan fingerprint density at radius 1 is 1.17 bits per heavy atom. The Bertz CT molecular complexity index is 709. The first-order valence-electron chi connectivity index (χ1n) is 6.50. The third-order valence-electron chi connectivity index (χ3n) is 2.53. The number of pyridine rings is 1. The number of allylic oxidation sites excluding steroid dienone is 1. The van der Waals surface area contributed by atoms with Crippen molar-refractivity contribution in [3.8, 4) is 17.4 Å². The lowest BCUT2D eigenvalue weighted by Gasteiger charge is -2.10. The predicted octanol–water partition coefficient (Wildman–Crippen LogP) is 4.37. The van der Waals surface area contributed by atoms with E-state index in [2.05, 4.69) is 9.72 Å². The molecule has 0 atom stereocenters. The number of carbonyl (C=O) groups excluding carboxylic acids is 1. The summed E-state index contributed by atoms with van der Waals surface area (Å²) in [6, 6.07) is 8.34. The van der Waals surface area contributed by atoms with Gasteiger partial charge in [0.15, 0.2) is 5.78 Å². The Balaban J connectivity index is 2.07. The van der Waals surface area contributed by atoms with Gasteiger partial charge in [0.2, 0.25) is 5.88 Å². The zero-order valence-electron chi connectivity index (χ0n) is 12.0. The number of nitrogens with zero attached hydrogens (tertiary/aromatic N) is 1. The summed E-state index contributed by atoms with van der Waals surface area (Å²) in [5.41, 5.74) is 0.696. The Hall–Kier alpha value is -2.83. The van der Waals surface area contributed by atoms with Crippen molar-refractivity contribution in [2.75, 3.05) is 0 Å². The van der Waals surface area contributed by atoms with Crippen molar-refractivity contribution < 1.29 is 27.4 Å². The number of ketones is 1. The number of halogens is 3. The molecule has 0 saturated heterocycles. The monoisotopic (exact) mass is 323 g/mol. The number of hydrogen-bond donors (Lipinski definition) is 0. The van der Waals surface area contributed by atoms with E-state index in [9.17, 15) is 18.0 Å². The molecule has 0 aliphatic heterocycles. The first-order chi connectivity index (χ1) is 10.8. The number of hydrogen-bond acceptors (Lipinski definition) is 4. The number of carbonyl (C=O) groups is 1. The van der Waals surface area contributed by atoms with Crippen molar-refractivity contribution >= 4 is 11.9 Å². The molecule has 0 unspecified atom stereocenters. The van der Waals surface area contributed by atoms with Crippen LogP contribution >= 0.6 is 0 Å². The van der Waals surface area contributed by atoms with Crippen LogP contribution in [-0.4, -0.2) is 17.1 Å². The van der Waals surface area contributed by atoms with Crippen LogP contribution in [0.2, 0.25) is 0 Å². The van der Waals surface area contributed by atoms with E-state index in [1.54, 1.807) is 12.1 Å². The molecule has 0 amide bonds. The van der Waals surface area contributed by atoms with Crippen LogP contribution in [0.4, 0.5) is 13.2 Å². The molecule has 0 aliphatic carbocycles. The molecule has 1 aromatic carbocycles. The minimum absolute atomic E-state index is 0.0909. The topological polar surface area (TPSA) is 48.4 Å². The molecular weight excluding hydrogens is 311 g/mol. The second-order valence-corrected chi connectivity index (χ2v) is 4.50. The summed E-state index contributed by atoms with van der Waals surface area (Å²) in [7, 11) is 0. The fourth-order valence-corrected chi connectivity index (χ4v) is 1.62. The molecule has 0 N–H and O–H groups in total. The molecule has 2 rings (SSSR count). The van der Waals surface area contributed by atoms with Gasteiger partial charge in [0, 0.05) is 18.3 Å². The van der Waals surface area contributed by atoms with Crippen LogP contribution in [0.3, 0.4) is 0 Å². The van der Waals surface area contributed by atoms with E-state index in [1.165, 1.54) is 43.5 Å². The number of aromatic nitrogens is 1. The van der Waals surface area contributed by atoms with Crippen molar-refractivity contribution in [3.63, 3.8) is 0 Å². The van der Waals surface area contributed by atoms with Crippen LogP contribution in [0.5, 0.6) is 17.4 Å². The molecule has 1 heterocycles. The van der Waals surface area contributed by atoms with E-state index in [1.807, 2.05) is 0 Å². The van der Waals surface area contributed by atoms with Crippen LogP contribution in [0, 0.1) is 0 Å². The summed E-state index contributed by atoms with van der Waals surface area (Å²) >= 11 is 0. The number of benzene rings is 1. The number of alkyl halides is 3. The third-order valence-corrected chi connectivity index (χ3v) is 2.53. The van der Waals surface area contributed by atoms with Crippen molar-refractivity contribution in [1.82, 2.24) is 4.98 Å². The van der Waals surface area contributed by atoms with Gasteiger partial charge in [0.25, 0.3) is 0 Å². The maximum Gasteiger partial charge on any atom is 0.573 e. The standard InChI is InChI=1S/C16H12F3NO3/c1-11(21)5-6-12-7-8-15(20-10-12)22-13-3-2-4-14(9-13)23-16(17,18)19/h2-10H,1H3/b6-5+. The van der Waals surface area contributed by atoms with Gasteiger partial charge in [-0.25, -0.2) is 4.98 Å². The number of ether oxygens (including phenoxy) is 2. The Morgan fingerprint density at radius 2 is 1.91 bits per heavy atom. The van der Waals surface area contributed by atoms with E-state index < -0.39 is 6.36 Å². The van der Waals surface area contributed by atoms with Gasteiger partial charge in [0.05, 0.1) is 0 Å². The minimum atomic E-state index is -4.76. The highest BCUT2D eigenvalue weighted by molar-refractivity contribution is 5.91. The Labute approximate surface area is 130 Å². The highest BCUT2D eigenvalue weighted by Crippen LogP contribution is 2.28. The lowest BCUT2D eigenvalue weighted by atomic mass is 10.2. The molecular formula is C16H12F3NO3. The molecule has 120 valence electrons. The van der Waals surface area contributed by atoms with Crippen LogP contribution in [-0.2, 0) is 4.79 Å². The molecule has 0 bridgehead atoms. The lowest BCUT2D eigenvalue weighted by Crippen LogP contribution is -2.17. The molecule has 0 fully saturated rings. The van der Waals surface area contributed by atoms with Crippen LogP contribution in [0.25, 0.3) is 6.08 Å². The SMILES string of the molecule is CC(=O)/C=C/c1ccc(Oc2cccc(OC(F)(F)F)c2)nc1. The molecule has 0 radical (unpaired) electrons. The van der Waals surface area contributed by atoms with Gasteiger partial charge in [0.1, 0.15) is 11.5 Å². The molecule has 0 spiro atoms. The highest BCUT2D eigenvalue weighted by atomic mass is 19.4. The molecule has 7 heteroatoms. The van der Waals surface area contributed by atoms with Gasteiger partial charge in [-0.05, 0) is 42.8 Å². The fraction of sp³-hybridized carbons (Fsp3) is 0.125. The quantitative estimate of drug-likeness (QED) is 0.766. The third kappa shape index (κ3) is 5.82. The maximum atomic E-state index is 12.2. The van der Waals surface area contributed by atoms with Crippen molar-refractivity contribution in [3.05, 3.63) is 54.2 Å². The highest BCUT2D eigenvalue weighted by Gasteiger charge is 2.31. The first-order valence-corrected chi connectivity index (χ1v) is 6.50. The normalized spacial score (nSPS) is 11.5. The van der Waals surface area contributed by atoms with Crippen LogP contribution < -0.4 is 9.47 Å². The molecule has 0 saturated carbocycles. The second kappa shape index (κ2) is 6.95. The van der Waals surface area contributed by atoms with Gasteiger partial charge in [-0.1, -0.05) is 6.07 Å². The van der Waals surface area contributed by atoms with Gasteiger partial charge >= 0.3 is 6.36 Å². The number of rotatable bonds is 5. The zero-order chi connectivity index (χ0) is 16.9. The lowest BCUT2D eigenvalue weighted by molar-refractivity contribution is -0.274. The Kier molecular flexibility index (Phi) is 5.00. The van der Waals surface area contributed by atoms with Crippen molar-refractivity contribution in [2.24, 2.45) is 0 Å². The van der Waals surface area contributed by atoms with E-state index in [4.69, 9.17) is 4.74 Å². The second-order valence-electron chi connectivity index (χ2n) is 4.50. The summed E-state index contributed by atoms with van der Waals surface area (Å²) in [4.78, 5) is 14.8. The summed E-state index contributed by atoms with van der Waals surface area (Å²) in [5.74, 6) is -0.108. The predicted molar refractivity (Wildman–Crippen MR) is 77.2 cm³/mol. The van der Waals surface area contributed by atoms with Gasteiger partial charge < -0.3 is 9.47 Å². The largest absolute Gasteiger partial charge is 0.573 e. The minimum Gasteiger partial charge on any atom is -0.439 e. The maximum absolute atomic E-state index is 12.2. The van der Waals surface area contributed by atoms with Crippen molar-refractivity contribution in [2.45, 2.75) is 13.3 Å². The average Bonchev–Trinajstić information content (AvgIpc) is 2.45. The molecule has 23 heavy (non-hydrogen) atoms. The van der Waals surface area contributed by atoms with Crippen LogP contribution in [0.1, 0.15) is 12.5 Å². The van der Waals surface area contributed by atoms with Gasteiger partial charge in [-0.15, -0.1) is 13.2 Å². The van der Waals surface area contributed by atoms with Crippen molar-refractivity contribution in [1.29, 1.82) is 0 Å². The smallest absolute Gasteiger partial charge is 0.439 e.